The number of aryl methyl sites for hydroxylation is 2. The van der Waals surface area contributed by atoms with Gasteiger partial charge in [0.25, 0.3) is 0 Å². The van der Waals surface area contributed by atoms with Crippen LogP contribution in [0, 0.1) is 13.8 Å². The number of hydrogen-bond donors (Lipinski definition) is 1. The molecule has 0 fully saturated rings. The average molecular weight is 350 g/mol. The molecule has 0 atom stereocenters. The monoisotopic (exact) mass is 350 g/mol. The van der Waals surface area contributed by atoms with E-state index in [-0.39, 0.29) is 5.91 Å². The number of nitrogens with zero attached hydrogens (tertiary/aromatic N) is 1. The standard InChI is InChI=1S/C21H22N2O3/c1-14-5-4-6-18(15(14)2)23-20(24)11-12-21-22-13-19(26-21)16-7-9-17(25-3)10-8-16/h4-10,13H,11-12H2,1-3H3,(H,23,24). The Hall–Kier alpha value is -3.08. The molecule has 1 heterocycles. The summed E-state index contributed by atoms with van der Waals surface area (Å²) in [5.41, 5.74) is 4.00. The molecule has 0 aliphatic carbocycles. The summed E-state index contributed by atoms with van der Waals surface area (Å²) in [7, 11) is 1.63. The molecular formula is C21H22N2O3. The quantitative estimate of drug-likeness (QED) is 0.709. The van der Waals surface area contributed by atoms with E-state index < -0.39 is 0 Å². The number of benzene rings is 2. The van der Waals surface area contributed by atoms with E-state index in [4.69, 9.17) is 9.15 Å². The van der Waals surface area contributed by atoms with Crippen molar-refractivity contribution in [2.75, 3.05) is 12.4 Å². The summed E-state index contributed by atoms with van der Waals surface area (Å²) in [6.45, 7) is 4.03. The molecule has 0 saturated heterocycles. The van der Waals surface area contributed by atoms with E-state index in [2.05, 4.69) is 10.3 Å². The molecule has 134 valence electrons. The number of carbonyl (C=O) groups is 1. The fourth-order valence-electron chi connectivity index (χ4n) is 2.63. The lowest BCUT2D eigenvalue weighted by molar-refractivity contribution is -0.116. The van der Waals surface area contributed by atoms with Gasteiger partial charge in [-0.15, -0.1) is 0 Å². The second-order valence-corrected chi connectivity index (χ2v) is 6.14. The van der Waals surface area contributed by atoms with E-state index in [1.54, 1.807) is 13.3 Å². The number of methoxy groups -OCH3 is 1. The first-order chi connectivity index (χ1) is 12.6. The van der Waals surface area contributed by atoms with Gasteiger partial charge < -0.3 is 14.5 Å². The number of hydrogen-bond acceptors (Lipinski definition) is 4. The van der Waals surface area contributed by atoms with Crippen LogP contribution in [0.3, 0.4) is 0 Å². The molecule has 0 spiro atoms. The third-order valence-corrected chi connectivity index (χ3v) is 4.37. The van der Waals surface area contributed by atoms with Crippen LogP contribution >= 0.6 is 0 Å². The van der Waals surface area contributed by atoms with Crippen LogP contribution in [0.15, 0.2) is 53.1 Å². The number of aromatic nitrogens is 1. The van der Waals surface area contributed by atoms with Gasteiger partial charge in [-0.25, -0.2) is 4.98 Å². The minimum absolute atomic E-state index is 0.0529. The summed E-state index contributed by atoms with van der Waals surface area (Å²) in [4.78, 5) is 16.5. The van der Waals surface area contributed by atoms with Gasteiger partial charge in [0.15, 0.2) is 11.7 Å². The largest absolute Gasteiger partial charge is 0.497 e. The van der Waals surface area contributed by atoms with Crippen LogP contribution in [-0.4, -0.2) is 18.0 Å². The van der Waals surface area contributed by atoms with Crippen molar-refractivity contribution in [1.82, 2.24) is 4.98 Å². The second-order valence-electron chi connectivity index (χ2n) is 6.14. The van der Waals surface area contributed by atoms with Gasteiger partial charge >= 0.3 is 0 Å². The van der Waals surface area contributed by atoms with Crippen LogP contribution in [0.5, 0.6) is 5.75 Å². The minimum atomic E-state index is -0.0529. The van der Waals surface area contributed by atoms with Crippen molar-refractivity contribution in [3.05, 3.63) is 65.7 Å². The number of anilines is 1. The van der Waals surface area contributed by atoms with E-state index in [0.717, 1.165) is 28.1 Å². The second kappa shape index (κ2) is 7.87. The van der Waals surface area contributed by atoms with Crippen LogP contribution in [0.4, 0.5) is 5.69 Å². The SMILES string of the molecule is COc1ccc(-c2cnc(CCC(=O)Nc3cccc(C)c3C)o2)cc1. The highest BCUT2D eigenvalue weighted by molar-refractivity contribution is 5.91. The zero-order valence-electron chi connectivity index (χ0n) is 15.2. The molecule has 0 aliphatic rings. The number of rotatable bonds is 6. The fourth-order valence-corrected chi connectivity index (χ4v) is 2.63. The van der Waals surface area contributed by atoms with Crippen molar-refractivity contribution in [2.45, 2.75) is 26.7 Å². The Morgan fingerprint density at radius 2 is 1.92 bits per heavy atom. The molecule has 0 radical (unpaired) electrons. The van der Waals surface area contributed by atoms with E-state index in [1.165, 1.54) is 0 Å². The first-order valence-corrected chi connectivity index (χ1v) is 8.52. The smallest absolute Gasteiger partial charge is 0.224 e. The number of oxazole rings is 1. The zero-order valence-corrected chi connectivity index (χ0v) is 15.2. The molecular weight excluding hydrogens is 328 g/mol. The van der Waals surface area contributed by atoms with Gasteiger partial charge in [-0.1, -0.05) is 12.1 Å². The van der Waals surface area contributed by atoms with Gasteiger partial charge in [-0.3, -0.25) is 4.79 Å². The molecule has 0 unspecified atom stereocenters. The Balaban J connectivity index is 1.59. The molecule has 1 amide bonds. The summed E-state index contributed by atoms with van der Waals surface area (Å²) in [6, 6.07) is 13.4. The van der Waals surface area contributed by atoms with E-state index in [1.807, 2.05) is 56.3 Å². The molecule has 0 bridgehead atoms. The molecule has 2 aromatic carbocycles. The van der Waals surface area contributed by atoms with E-state index in [9.17, 15) is 4.79 Å². The molecule has 26 heavy (non-hydrogen) atoms. The van der Waals surface area contributed by atoms with Crippen molar-refractivity contribution in [1.29, 1.82) is 0 Å². The summed E-state index contributed by atoms with van der Waals surface area (Å²) in [5.74, 6) is 1.96. The maximum atomic E-state index is 12.2. The predicted octanol–water partition coefficient (Wildman–Crippen LogP) is 4.54. The summed E-state index contributed by atoms with van der Waals surface area (Å²) in [5, 5.41) is 2.95. The molecule has 0 aliphatic heterocycles. The Kier molecular flexibility index (Phi) is 5.37. The topological polar surface area (TPSA) is 64.4 Å². The van der Waals surface area contributed by atoms with Crippen LogP contribution in [0.2, 0.25) is 0 Å². The van der Waals surface area contributed by atoms with Crippen molar-refractivity contribution in [3.8, 4) is 17.1 Å². The molecule has 1 aromatic heterocycles. The highest BCUT2D eigenvalue weighted by Crippen LogP contribution is 2.23. The maximum Gasteiger partial charge on any atom is 0.224 e. The highest BCUT2D eigenvalue weighted by atomic mass is 16.5. The first-order valence-electron chi connectivity index (χ1n) is 8.52. The summed E-state index contributed by atoms with van der Waals surface area (Å²) in [6.07, 6.45) is 2.45. The van der Waals surface area contributed by atoms with Crippen LogP contribution in [0.25, 0.3) is 11.3 Å². The number of amides is 1. The number of nitrogens with one attached hydrogen (secondary N) is 1. The van der Waals surface area contributed by atoms with Gasteiger partial charge in [-0.2, -0.15) is 0 Å². The van der Waals surface area contributed by atoms with E-state index in [0.29, 0.717) is 24.5 Å². The minimum Gasteiger partial charge on any atom is -0.497 e. The van der Waals surface area contributed by atoms with E-state index >= 15 is 0 Å². The summed E-state index contributed by atoms with van der Waals surface area (Å²) < 4.78 is 10.9. The first kappa shape index (κ1) is 17.7. The molecule has 3 rings (SSSR count). The molecule has 3 aromatic rings. The Bertz CT molecular complexity index is 898. The Morgan fingerprint density at radius 1 is 1.15 bits per heavy atom. The lowest BCUT2D eigenvalue weighted by atomic mass is 10.1. The molecule has 5 heteroatoms. The molecule has 0 saturated carbocycles. The highest BCUT2D eigenvalue weighted by Gasteiger charge is 2.10. The summed E-state index contributed by atoms with van der Waals surface area (Å²) >= 11 is 0. The molecule has 5 nitrogen and oxygen atoms in total. The van der Waals surface area contributed by atoms with Gasteiger partial charge in [-0.05, 0) is 55.3 Å². The lowest BCUT2D eigenvalue weighted by Crippen LogP contribution is -2.13. The van der Waals surface area contributed by atoms with Crippen molar-refractivity contribution < 1.29 is 13.9 Å². The fraction of sp³-hybridized carbons (Fsp3) is 0.238. The third kappa shape index (κ3) is 4.11. The van der Waals surface area contributed by atoms with Crippen molar-refractivity contribution in [2.24, 2.45) is 0 Å². The van der Waals surface area contributed by atoms with Gasteiger partial charge in [0.2, 0.25) is 5.91 Å². The predicted molar refractivity (Wildman–Crippen MR) is 101 cm³/mol. The number of carbonyl (C=O) groups excluding carboxylic acids is 1. The van der Waals surface area contributed by atoms with Crippen LogP contribution < -0.4 is 10.1 Å². The van der Waals surface area contributed by atoms with Gasteiger partial charge in [0.1, 0.15) is 5.75 Å². The third-order valence-electron chi connectivity index (χ3n) is 4.37. The Morgan fingerprint density at radius 3 is 2.65 bits per heavy atom. The maximum absolute atomic E-state index is 12.2. The van der Waals surface area contributed by atoms with Crippen molar-refractivity contribution in [3.63, 3.8) is 0 Å². The van der Waals surface area contributed by atoms with Crippen LogP contribution in [0.1, 0.15) is 23.4 Å². The average Bonchev–Trinajstić information content (AvgIpc) is 3.13. The van der Waals surface area contributed by atoms with Gasteiger partial charge in [0.05, 0.1) is 13.3 Å². The lowest BCUT2D eigenvalue weighted by Gasteiger charge is -2.09. The zero-order chi connectivity index (χ0) is 18.5. The van der Waals surface area contributed by atoms with Crippen LogP contribution in [-0.2, 0) is 11.2 Å². The normalized spacial score (nSPS) is 10.6. The number of ether oxygens (including phenoxy) is 1. The van der Waals surface area contributed by atoms with Gasteiger partial charge in [0, 0.05) is 24.1 Å². The van der Waals surface area contributed by atoms with Crippen molar-refractivity contribution >= 4 is 11.6 Å². The Labute approximate surface area is 153 Å². The molecule has 1 N–H and O–H groups in total.